The molecule has 0 amide bonds. The molecule has 0 N–H and O–H groups in total. The van der Waals surface area contributed by atoms with Gasteiger partial charge in [0.15, 0.2) is 42.5 Å². The van der Waals surface area contributed by atoms with E-state index in [9.17, 15) is 24.0 Å². The van der Waals surface area contributed by atoms with Crippen LogP contribution >= 0.6 is 11.8 Å². The molecule has 10 rings (SSSR count). The van der Waals surface area contributed by atoms with Crippen molar-refractivity contribution in [2.45, 2.75) is 149 Å². The molecule has 0 aliphatic carbocycles. The molecule has 80 heavy (non-hydrogen) atoms. The lowest BCUT2D eigenvalue weighted by Crippen LogP contribution is -2.67. The maximum absolute atomic E-state index is 14.6. The van der Waals surface area contributed by atoms with Crippen LogP contribution < -0.4 is 0 Å². The van der Waals surface area contributed by atoms with Gasteiger partial charge in [-0.25, -0.2) is 19.2 Å². The zero-order valence-corrected chi connectivity index (χ0v) is 45.5. The first-order valence-corrected chi connectivity index (χ1v) is 27.2. The standard InChI is InChI=1S/C60H62O19S/c1-34-43(69-35(2)61)47-50(79-60(5,6)77-47)57(68-34)75-46-44(41(32-66-52(62)36-22-12-7-13-23-36)71-58(80-40-30-20-11-21-31-40)51(46)73-55(65)39-28-18-10-19-29-39)74-56-49(72-54(64)38-26-16-9-17-27-38)48-45(76-59(3,4)78-48)42(70-56)33-67-53(63)37-24-14-8-15-25-37/h7-31,34,41-51,56-58H,32-33H2,1-6H3/t34-,41+,42+,43-,44+,45-,46-,47+,48-,49+,50+,51+,56-,57-,58-/m0/s1. The summed E-state index contributed by atoms with van der Waals surface area (Å²) in [7, 11) is 0. The van der Waals surface area contributed by atoms with Crippen LogP contribution in [-0.2, 0) is 71.1 Å². The predicted molar refractivity (Wildman–Crippen MR) is 282 cm³/mol. The number of fused-ring (bicyclic) bond motifs is 2. The molecule has 5 fully saturated rings. The molecule has 422 valence electrons. The number of hydrogen-bond donors (Lipinski definition) is 0. The highest BCUT2D eigenvalue weighted by Crippen LogP contribution is 2.45. The Bertz CT molecular complexity index is 2920. The van der Waals surface area contributed by atoms with Crippen LogP contribution in [0.1, 0.15) is 83.0 Å². The SMILES string of the molecule is CC(=O)O[C@@H]1[C@H]2OC(C)(C)O[C@H]2[C@H](O[C@@H]2[C@@H](OC(=O)c3ccccc3)[C@H](Sc3ccccc3)O[C@H](COC(=O)c3ccccc3)[C@H]2O[C@@H]2O[C@H](COC(=O)c3ccccc3)[C@@H]3OC(C)(C)O[C@@H]3[C@H]2OC(=O)c2ccccc2)O[C@H]1C. The minimum absolute atomic E-state index is 0.188. The summed E-state index contributed by atoms with van der Waals surface area (Å²) in [4.78, 5) is 69.7. The van der Waals surface area contributed by atoms with E-state index in [0.29, 0.717) is 4.90 Å². The first-order valence-electron chi connectivity index (χ1n) is 26.3. The molecule has 5 saturated heterocycles. The van der Waals surface area contributed by atoms with Gasteiger partial charge in [0, 0.05) is 11.8 Å². The summed E-state index contributed by atoms with van der Waals surface area (Å²) in [5.74, 6) is -6.03. The van der Waals surface area contributed by atoms with Crippen LogP contribution in [0.5, 0.6) is 0 Å². The molecule has 19 nitrogen and oxygen atoms in total. The zero-order chi connectivity index (χ0) is 56.1. The molecule has 0 bridgehead atoms. The van der Waals surface area contributed by atoms with Crippen molar-refractivity contribution in [1.82, 2.24) is 0 Å². The molecule has 5 aliphatic heterocycles. The van der Waals surface area contributed by atoms with E-state index in [4.69, 9.17) is 66.3 Å². The van der Waals surface area contributed by atoms with Gasteiger partial charge in [-0.3, -0.25) is 4.79 Å². The number of ether oxygens (including phenoxy) is 14. The van der Waals surface area contributed by atoms with Gasteiger partial charge in [-0.2, -0.15) is 0 Å². The average molecular weight is 1120 g/mol. The van der Waals surface area contributed by atoms with Gasteiger partial charge in [-0.1, -0.05) is 103 Å². The summed E-state index contributed by atoms with van der Waals surface area (Å²) < 4.78 is 91.6. The maximum Gasteiger partial charge on any atom is 0.338 e. The summed E-state index contributed by atoms with van der Waals surface area (Å²) in [6.45, 7) is 8.81. The lowest BCUT2D eigenvalue weighted by Gasteiger charge is -2.50. The summed E-state index contributed by atoms with van der Waals surface area (Å²) >= 11 is 1.20. The Hall–Kier alpha value is -6.56. The molecule has 20 heteroatoms. The lowest BCUT2D eigenvalue weighted by atomic mass is 9.96. The van der Waals surface area contributed by atoms with E-state index in [1.54, 1.807) is 156 Å². The van der Waals surface area contributed by atoms with Crippen LogP contribution in [0.4, 0.5) is 0 Å². The Morgan fingerprint density at radius 3 is 1.38 bits per heavy atom. The third kappa shape index (κ3) is 13.3. The third-order valence-electron chi connectivity index (χ3n) is 13.8. The minimum atomic E-state index is -1.67. The third-order valence-corrected chi connectivity index (χ3v) is 14.9. The van der Waals surface area contributed by atoms with Gasteiger partial charge in [-0.05, 0) is 95.3 Å². The van der Waals surface area contributed by atoms with E-state index in [1.165, 1.54) is 18.7 Å². The lowest BCUT2D eigenvalue weighted by molar-refractivity contribution is -0.355. The van der Waals surface area contributed by atoms with E-state index in [-0.39, 0.29) is 22.3 Å². The van der Waals surface area contributed by atoms with E-state index in [2.05, 4.69) is 0 Å². The highest BCUT2D eigenvalue weighted by molar-refractivity contribution is 7.99. The number of benzene rings is 5. The largest absolute Gasteiger partial charge is 0.459 e. The van der Waals surface area contributed by atoms with Crippen molar-refractivity contribution in [3.63, 3.8) is 0 Å². The van der Waals surface area contributed by atoms with Crippen LogP contribution in [0.2, 0.25) is 0 Å². The van der Waals surface area contributed by atoms with Gasteiger partial charge in [-0.15, -0.1) is 0 Å². The molecule has 0 aromatic heterocycles. The van der Waals surface area contributed by atoms with Crippen molar-refractivity contribution in [2.24, 2.45) is 0 Å². The average Bonchev–Trinajstić information content (AvgIpc) is 3.92. The predicted octanol–water partition coefficient (Wildman–Crippen LogP) is 7.88. The van der Waals surface area contributed by atoms with Gasteiger partial charge in [0.05, 0.1) is 28.4 Å². The highest BCUT2D eigenvalue weighted by Gasteiger charge is 2.62. The van der Waals surface area contributed by atoms with Crippen molar-refractivity contribution in [1.29, 1.82) is 0 Å². The number of rotatable bonds is 17. The topological polar surface area (TPSA) is 215 Å². The van der Waals surface area contributed by atoms with Crippen LogP contribution in [0, 0.1) is 0 Å². The smallest absolute Gasteiger partial charge is 0.338 e. The molecule has 0 radical (unpaired) electrons. The zero-order valence-electron chi connectivity index (χ0n) is 44.7. The van der Waals surface area contributed by atoms with Crippen molar-refractivity contribution in [2.75, 3.05) is 13.2 Å². The number of carbonyl (C=O) groups excluding carboxylic acids is 5. The van der Waals surface area contributed by atoms with Crippen LogP contribution in [0.15, 0.2) is 157 Å². The summed E-state index contributed by atoms with van der Waals surface area (Å²) in [6, 6.07) is 42.5. The minimum Gasteiger partial charge on any atom is -0.459 e. The second-order valence-corrected chi connectivity index (χ2v) is 21.7. The Balaban J connectivity index is 1.10. The van der Waals surface area contributed by atoms with Gasteiger partial charge in [0.25, 0.3) is 0 Å². The highest BCUT2D eigenvalue weighted by atomic mass is 32.2. The summed E-state index contributed by atoms with van der Waals surface area (Å²) in [5, 5.41) is 0. The van der Waals surface area contributed by atoms with Crippen molar-refractivity contribution < 1.29 is 90.3 Å². The Labute approximate surface area is 466 Å². The number of carbonyl (C=O) groups is 5. The van der Waals surface area contributed by atoms with Gasteiger partial charge >= 0.3 is 29.8 Å². The quantitative estimate of drug-likeness (QED) is 0.0639. The fourth-order valence-corrected chi connectivity index (χ4v) is 11.4. The Kier molecular flexibility index (Phi) is 17.5. The van der Waals surface area contributed by atoms with Gasteiger partial charge in [0.1, 0.15) is 67.5 Å². The fraction of sp³-hybridized carbons (Fsp3) is 0.417. The fourth-order valence-electron chi connectivity index (χ4n) is 10.2. The molecule has 0 saturated carbocycles. The number of hydrogen-bond acceptors (Lipinski definition) is 20. The number of thioether (sulfide) groups is 1. The van der Waals surface area contributed by atoms with E-state index < -0.39 is 146 Å². The number of esters is 5. The summed E-state index contributed by atoms with van der Waals surface area (Å²) in [5.41, 5.74) is -0.262. The van der Waals surface area contributed by atoms with E-state index in [0.717, 1.165) is 0 Å². The second kappa shape index (κ2) is 24.7. The molecule has 0 unspecified atom stereocenters. The monoisotopic (exact) mass is 1120 g/mol. The Morgan fingerprint density at radius 2 is 0.863 bits per heavy atom. The molecule has 15 atom stereocenters. The normalized spacial score (nSPS) is 31.1. The molecule has 5 aliphatic rings. The van der Waals surface area contributed by atoms with Crippen molar-refractivity contribution in [3.05, 3.63) is 174 Å². The first kappa shape index (κ1) is 56.7. The molecular formula is C60H62O19S. The molecule has 5 aromatic rings. The molecular weight excluding hydrogens is 1060 g/mol. The second-order valence-electron chi connectivity index (χ2n) is 20.5. The first-order chi connectivity index (χ1) is 38.5. The van der Waals surface area contributed by atoms with Crippen molar-refractivity contribution in [3.8, 4) is 0 Å². The van der Waals surface area contributed by atoms with Crippen molar-refractivity contribution >= 4 is 41.6 Å². The summed E-state index contributed by atoms with van der Waals surface area (Å²) in [6.07, 6.45) is -17.5. The molecule has 5 heterocycles. The van der Waals surface area contributed by atoms with E-state index in [1.807, 2.05) is 30.3 Å². The Morgan fingerprint density at radius 1 is 0.438 bits per heavy atom. The maximum atomic E-state index is 14.6. The molecule has 5 aromatic carbocycles. The van der Waals surface area contributed by atoms with Gasteiger partial charge < -0.3 is 66.3 Å². The molecule has 0 spiro atoms. The van der Waals surface area contributed by atoms with Crippen LogP contribution in [-0.4, -0.2) is 146 Å². The van der Waals surface area contributed by atoms with Gasteiger partial charge in [0.2, 0.25) is 0 Å². The van der Waals surface area contributed by atoms with Crippen LogP contribution in [0.25, 0.3) is 0 Å². The van der Waals surface area contributed by atoms with E-state index >= 15 is 0 Å². The van der Waals surface area contributed by atoms with Crippen LogP contribution in [0.3, 0.4) is 0 Å².